The molecule has 1 amide bonds. The minimum Gasteiger partial charge on any atom is -0.452 e. The Bertz CT molecular complexity index is 1190. The lowest BCUT2D eigenvalue weighted by Crippen LogP contribution is -2.38. The van der Waals surface area contributed by atoms with E-state index in [2.05, 4.69) is 10.8 Å². The summed E-state index contributed by atoms with van der Waals surface area (Å²) >= 11 is 1.11. The summed E-state index contributed by atoms with van der Waals surface area (Å²) in [6.07, 6.45) is 0.776. The van der Waals surface area contributed by atoms with Crippen molar-refractivity contribution in [2.24, 2.45) is 0 Å². The summed E-state index contributed by atoms with van der Waals surface area (Å²) in [7, 11) is -3.66. The quantitative estimate of drug-likeness (QED) is 0.575. The predicted molar refractivity (Wildman–Crippen MR) is 117 cm³/mol. The van der Waals surface area contributed by atoms with E-state index in [1.165, 1.54) is 35.9 Å². The van der Waals surface area contributed by atoms with Crippen molar-refractivity contribution in [3.8, 4) is 0 Å². The second kappa shape index (κ2) is 8.91. The monoisotopic (exact) mass is 456 g/mol. The normalized spacial score (nSPS) is 13.4. The van der Waals surface area contributed by atoms with E-state index in [-0.39, 0.29) is 22.3 Å². The van der Waals surface area contributed by atoms with Gasteiger partial charge in [0.15, 0.2) is 6.61 Å². The lowest BCUT2D eigenvalue weighted by atomic mass is 10.00. The van der Waals surface area contributed by atoms with Gasteiger partial charge < -0.3 is 9.64 Å². The Labute approximate surface area is 184 Å². The van der Waals surface area contributed by atoms with Crippen LogP contribution in [-0.2, 0) is 32.5 Å². The molecule has 0 radical (unpaired) electrons. The Morgan fingerprint density at radius 1 is 1.00 bits per heavy atom. The lowest BCUT2D eigenvalue weighted by molar-refractivity contribution is -0.135. The van der Waals surface area contributed by atoms with Crippen LogP contribution < -0.4 is 4.72 Å². The number of carbonyl (C=O) groups excluding carboxylic acids is 2. The summed E-state index contributed by atoms with van der Waals surface area (Å²) in [5.74, 6) is -0.887. The van der Waals surface area contributed by atoms with E-state index in [1.807, 2.05) is 18.2 Å². The van der Waals surface area contributed by atoms with Crippen LogP contribution in [0.1, 0.15) is 21.5 Å². The van der Waals surface area contributed by atoms with Crippen LogP contribution in [0.15, 0.2) is 70.3 Å². The fourth-order valence-corrected chi connectivity index (χ4v) is 5.36. The molecule has 2 heterocycles. The van der Waals surface area contributed by atoms with Crippen molar-refractivity contribution in [3.05, 3.63) is 82.7 Å². The highest BCUT2D eigenvalue weighted by Gasteiger charge is 2.22. The summed E-state index contributed by atoms with van der Waals surface area (Å²) in [5.41, 5.74) is 2.90. The summed E-state index contributed by atoms with van der Waals surface area (Å²) in [6.45, 7) is 0.756. The van der Waals surface area contributed by atoms with Gasteiger partial charge in [-0.25, -0.2) is 13.2 Å². The van der Waals surface area contributed by atoms with Gasteiger partial charge in [0.1, 0.15) is 4.21 Å². The molecule has 0 saturated carbocycles. The van der Waals surface area contributed by atoms with Crippen LogP contribution in [0.4, 0.5) is 5.69 Å². The number of benzene rings is 2. The van der Waals surface area contributed by atoms with Crippen molar-refractivity contribution in [3.63, 3.8) is 0 Å². The van der Waals surface area contributed by atoms with Crippen molar-refractivity contribution in [2.45, 2.75) is 17.2 Å². The number of sulfonamides is 1. The highest BCUT2D eigenvalue weighted by atomic mass is 32.2. The third-order valence-corrected chi connectivity index (χ3v) is 7.72. The smallest absolute Gasteiger partial charge is 0.338 e. The highest BCUT2D eigenvalue weighted by molar-refractivity contribution is 7.94. The number of esters is 1. The first-order chi connectivity index (χ1) is 14.9. The first kappa shape index (κ1) is 21.1. The number of hydrogen-bond acceptors (Lipinski definition) is 6. The zero-order valence-corrected chi connectivity index (χ0v) is 18.1. The molecule has 0 fully saturated rings. The van der Waals surface area contributed by atoms with E-state index in [0.717, 1.165) is 23.3 Å². The van der Waals surface area contributed by atoms with Crippen LogP contribution in [-0.4, -0.2) is 38.3 Å². The predicted octanol–water partition coefficient (Wildman–Crippen LogP) is 3.29. The van der Waals surface area contributed by atoms with Gasteiger partial charge in [-0.2, -0.15) is 0 Å². The van der Waals surface area contributed by atoms with Gasteiger partial charge in [0.2, 0.25) is 0 Å². The number of carbonyl (C=O) groups is 2. The zero-order chi connectivity index (χ0) is 21.8. The number of nitrogens with zero attached hydrogens (tertiary/aromatic N) is 1. The molecule has 0 aliphatic carbocycles. The summed E-state index contributed by atoms with van der Waals surface area (Å²) in [5, 5.41) is 1.68. The van der Waals surface area contributed by atoms with Crippen molar-refractivity contribution in [2.75, 3.05) is 17.9 Å². The van der Waals surface area contributed by atoms with Crippen LogP contribution in [0, 0.1) is 0 Å². The number of nitrogens with one attached hydrogen (secondary N) is 1. The van der Waals surface area contributed by atoms with Gasteiger partial charge >= 0.3 is 5.97 Å². The van der Waals surface area contributed by atoms with E-state index in [4.69, 9.17) is 4.74 Å². The summed E-state index contributed by atoms with van der Waals surface area (Å²) in [6, 6.07) is 17.0. The third kappa shape index (κ3) is 4.95. The van der Waals surface area contributed by atoms with Crippen molar-refractivity contribution in [1.29, 1.82) is 0 Å². The third-order valence-electron chi connectivity index (χ3n) is 4.94. The largest absolute Gasteiger partial charge is 0.452 e. The number of ether oxygens (including phenoxy) is 1. The van der Waals surface area contributed by atoms with Gasteiger partial charge in [-0.1, -0.05) is 30.3 Å². The molecule has 9 heteroatoms. The number of hydrogen-bond donors (Lipinski definition) is 1. The van der Waals surface area contributed by atoms with Gasteiger partial charge in [0.05, 0.1) is 5.56 Å². The molecule has 0 saturated heterocycles. The van der Waals surface area contributed by atoms with Crippen molar-refractivity contribution in [1.82, 2.24) is 4.90 Å². The lowest BCUT2D eigenvalue weighted by Gasteiger charge is -2.28. The Morgan fingerprint density at radius 2 is 1.74 bits per heavy atom. The van der Waals surface area contributed by atoms with Gasteiger partial charge in [0, 0.05) is 18.8 Å². The molecule has 2 aromatic carbocycles. The molecule has 0 atom stereocenters. The number of anilines is 1. The van der Waals surface area contributed by atoms with E-state index in [9.17, 15) is 18.0 Å². The second-order valence-electron chi connectivity index (χ2n) is 7.03. The maximum atomic E-state index is 12.4. The fraction of sp³-hybridized carbons (Fsp3) is 0.182. The molecule has 0 unspecified atom stereocenters. The Kier molecular flexibility index (Phi) is 6.06. The van der Waals surface area contributed by atoms with E-state index in [0.29, 0.717) is 18.8 Å². The minimum absolute atomic E-state index is 0.204. The molecule has 4 rings (SSSR count). The number of fused-ring (bicyclic) bond motifs is 1. The Hall–Kier alpha value is -3.17. The van der Waals surface area contributed by atoms with Crippen molar-refractivity contribution < 1.29 is 22.7 Å². The molecular weight excluding hydrogens is 436 g/mol. The van der Waals surface area contributed by atoms with Crippen LogP contribution in [0.3, 0.4) is 0 Å². The molecule has 160 valence electrons. The molecule has 0 bridgehead atoms. The Morgan fingerprint density at radius 3 is 2.45 bits per heavy atom. The highest BCUT2D eigenvalue weighted by Crippen LogP contribution is 2.21. The molecule has 1 N–H and O–H groups in total. The topological polar surface area (TPSA) is 92.8 Å². The van der Waals surface area contributed by atoms with Crippen LogP contribution >= 0.6 is 11.3 Å². The van der Waals surface area contributed by atoms with Crippen LogP contribution in [0.2, 0.25) is 0 Å². The van der Waals surface area contributed by atoms with Gasteiger partial charge in [-0.15, -0.1) is 11.3 Å². The Balaban J connectivity index is 1.31. The fourth-order valence-electron chi connectivity index (χ4n) is 3.31. The SMILES string of the molecule is O=C(OCC(=O)N1CCc2ccccc2C1)c1ccc(NS(=O)(=O)c2cccs2)cc1. The molecule has 1 aliphatic rings. The van der Waals surface area contributed by atoms with Gasteiger partial charge in [0.25, 0.3) is 15.9 Å². The van der Waals surface area contributed by atoms with E-state index in [1.54, 1.807) is 16.3 Å². The standard InChI is InChI=1S/C22H20N2O5S2/c25-20(24-12-11-16-4-1-2-5-18(16)14-24)15-29-22(26)17-7-9-19(10-8-17)23-31(27,28)21-6-3-13-30-21/h1-10,13,23H,11-12,14-15H2. The van der Waals surface area contributed by atoms with Crippen LogP contribution in [0.25, 0.3) is 0 Å². The van der Waals surface area contributed by atoms with Gasteiger partial charge in [-0.3, -0.25) is 9.52 Å². The van der Waals surface area contributed by atoms with E-state index < -0.39 is 16.0 Å². The first-order valence-electron chi connectivity index (χ1n) is 9.60. The molecule has 7 nitrogen and oxygen atoms in total. The number of rotatable bonds is 6. The second-order valence-corrected chi connectivity index (χ2v) is 9.88. The number of thiophene rings is 1. The maximum Gasteiger partial charge on any atom is 0.338 e. The van der Waals surface area contributed by atoms with Crippen LogP contribution in [0.5, 0.6) is 0 Å². The zero-order valence-electron chi connectivity index (χ0n) is 16.5. The molecule has 1 aliphatic heterocycles. The molecule has 31 heavy (non-hydrogen) atoms. The number of amides is 1. The first-order valence-corrected chi connectivity index (χ1v) is 12.0. The molecule has 1 aromatic heterocycles. The van der Waals surface area contributed by atoms with E-state index >= 15 is 0 Å². The molecule has 3 aromatic rings. The van der Waals surface area contributed by atoms with Crippen molar-refractivity contribution >= 4 is 38.9 Å². The average molecular weight is 457 g/mol. The molecular formula is C22H20N2O5S2. The molecule has 0 spiro atoms. The minimum atomic E-state index is -3.66. The maximum absolute atomic E-state index is 12.4. The summed E-state index contributed by atoms with van der Waals surface area (Å²) in [4.78, 5) is 26.4. The summed E-state index contributed by atoms with van der Waals surface area (Å²) < 4.78 is 32.3. The van der Waals surface area contributed by atoms with Gasteiger partial charge in [-0.05, 0) is 53.3 Å². The average Bonchev–Trinajstić information content (AvgIpc) is 3.33.